The van der Waals surface area contributed by atoms with Crippen molar-refractivity contribution in [3.63, 3.8) is 0 Å². The van der Waals surface area contributed by atoms with Crippen LogP contribution in [0.5, 0.6) is 0 Å². The second kappa shape index (κ2) is 6.48. The zero-order chi connectivity index (χ0) is 18.1. The summed E-state index contributed by atoms with van der Waals surface area (Å²) in [5.74, 6) is 0. The van der Waals surface area contributed by atoms with Crippen molar-refractivity contribution in [1.29, 1.82) is 0 Å². The Kier molecular flexibility index (Phi) is 4.52. The molecule has 0 saturated carbocycles. The molecule has 25 heavy (non-hydrogen) atoms. The summed E-state index contributed by atoms with van der Waals surface area (Å²) in [6.45, 7) is 6.43. The zero-order valence-electron chi connectivity index (χ0n) is 14.7. The number of benzene rings is 2. The Morgan fingerprint density at radius 2 is 1.76 bits per heavy atom. The summed E-state index contributed by atoms with van der Waals surface area (Å²) >= 11 is 0. The lowest BCUT2D eigenvalue weighted by Crippen LogP contribution is -2.16. The topological polar surface area (TPSA) is 59.1 Å². The van der Waals surface area contributed by atoms with Gasteiger partial charge in [-0.25, -0.2) is 8.42 Å². The second-order valence-corrected chi connectivity index (χ2v) is 8.46. The summed E-state index contributed by atoms with van der Waals surface area (Å²) in [4.78, 5) is 4.50. The van der Waals surface area contributed by atoms with Gasteiger partial charge in [-0.05, 0) is 53.8 Å². The van der Waals surface area contributed by atoms with Gasteiger partial charge in [-0.2, -0.15) is 0 Å². The lowest BCUT2D eigenvalue weighted by molar-refractivity contribution is 0.506. The van der Waals surface area contributed by atoms with Crippen molar-refractivity contribution < 1.29 is 8.42 Å². The number of hydrogen-bond donors (Lipinski definition) is 1. The van der Waals surface area contributed by atoms with Crippen LogP contribution in [0.15, 0.2) is 65.7 Å². The van der Waals surface area contributed by atoms with Gasteiger partial charge in [0.1, 0.15) is 0 Å². The van der Waals surface area contributed by atoms with Crippen LogP contribution in [0, 0.1) is 0 Å². The molecule has 0 aliphatic rings. The smallest absolute Gasteiger partial charge is 0.261 e. The lowest BCUT2D eigenvalue weighted by atomic mass is 9.82. The minimum atomic E-state index is -3.62. The second-order valence-electron chi connectivity index (χ2n) is 6.78. The molecule has 0 atom stereocenters. The van der Waals surface area contributed by atoms with Crippen molar-refractivity contribution in [1.82, 2.24) is 4.98 Å². The Morgan fingerprint density at radius 3 is 2.44 bits per heavy atom. The standard InChI is InChI=1S/C20H22N2O2S/c1-4-20(2,3)16-7-10-18(11-8-16)25(23,24)22-17-9-12-19-15(14-17)6-5-13-21-19/h5-14,22H,4H2,1-3H3. The Morgan fingerprint density at radius 1 is 1.04 bits per heavy atom. The highest BCUT2D eigenvalue weighted by Gasteiger charge is 2.20. The first-order chi connectivity index (χ1) is 11.8. The molecular formula is C20H22N2O2S. The highest BCUT2D eigenvalue weighted by atomic mass is 32.2. The van der Waals surface area contributed by atoms with Gasteiger partial charge >= 0.3 is 0 Å². The van der Waals surface area contributed by atoms with Crippen LogP contribution in [-0.4, -0.2) is 13.4 Å². The first kappa shape index (κ1) is 17.4. The molecule has 2 aromatic carbocycles. The SMILES string of the molecule is CCC(C)(C)c1ccc(S(=O)(=O)Nc2ccc3ncccc3c2)cc1. The number of pyridine rings is 1. The molecule has 1 aromatic heterocycles. The minimum Gasteiger partial charge on any atom is -0.280 e. The summed E-state index contributed by atoms with van der Waals surface area (Å²) in [5.41, 5.74) is 2.52. The van der Waals surface area contributed by atoms with E-state index in [0.717, 1.165) is 22.9 Å². The molecule has 1 N–H and O–H groups in total. The number of hydrogen-bond acceptors (Lipinski definition) is 3. The van der Waals surface area contributed by atoms with E-state index in [9.17, 15) is 8.42 Å². The van der Waals surface area contributed by atoms with Crippen molar-refractivity contribution in [2.24, 2.45) is 0 Å². The number of aromatic nitrogens is 1. The van der Waals surface area contributed by atoms with Gasteiger partial charge < -0.3 is 0 Å². The van der Waals surface area contributed by atoms with E-state index >= 15 is 0 Å². The van der Waals surface area contributed by atoms with Crippen LogP contribution in [0.25, 0.3) is 10.9 Å². The minimum absolute atomic E-state index is 0.0288. The number of rotatable bonds is 5. The van der Waals surface area contributed by atoms with Crippen molar-refractivity contribution in [2.45, 2.75) is 37.5 Å². The molecule has 0 fully saturated rings. The number of sulfonamides is 1. The van der Waals surface area contributed by atoms with E-state index in [1.165, 1.54) is 0 Å². The fourth-order valence-electron chi connectivity index (χ4n) is 2.64. The van der Waals surface area contributed by atoms with Gasteiger partial charge in [0.15, 0.2) is 0 Å². The molecule has 130 valence electrons. The molecular weight excluding hydrogens is 332 g/mol. The van der Waals surface area contributed by atoms with E-state index in [2.05, 4.69) is 30.5 Å². The number of anilines is 1. The first-order valence-electron chi connectivity index (χ1n) is 8.30. The first-order valence-corrected chi connectivity index (χ1v) is 9.78. The summed E-state index contributed by atoms with van der Waals surface area (Å²) in [6.07, 6.45) is 2.70. The van der Waals surface area contributed by atoms with E-state index in [1.54, 1.807) is 36.5 Å². The van der Waals surface area contributed by atoms with Crippen LogP contribution in [0.3, 0.4) is 0 Å². The molecule has 0 aliphatic carbocycles. The molecule has 0 spiro atoms. The molecule has 3 rings (SSSR count). The third-order valence-corrected chi connectivity index (χ3v) is 6.08. The normalized spacial score (nSPS) is 12.3. The quantitative estimate of drug-likeness (QED) is 0.721. The van der Waals surface area contributed by atoms with Gasteiger partial charge in [0.2, 0.25) is 0 Å². The molecule has 3 aromatic rings. The van der Waals surface area contributed by atoms with E-state index in [0.29, 0.717) is 5.69 Å². The van der Waals surface area contributed by atoms with Crippen molar-refractivity contribution in [3.05, 3.63) is 66.4 Å². The van der Waals surface area contributed by atoms with Gasteiger partial charge in [-0.15, -0.1) is 0 Å². The number of nitrogens with one attached hydrogen (secondary N) is 1. The van der Waals surface area contributed by atoms with Gasteiger partial charge in [0, 0.05) is 17.3 Å². The molecule has 0 amide bonds. The Labute approximate surface area is 149 Å². The summed E-state index contributed by atoms with van der Waals surface area (Å²) in [6, 6.07) is 16.2. The van der Waals surface area contributed by atoms with Gasteiger partial charge in [0.25, 0.3) is 10.0 Å². The van der Waals surface area contributed by atoms with Crippen molar-refractivity contribution in [3.8, 4) is 0 Å². The fraction of sp³-hybridized carbons (Fsp3) is 0.250. The average Bonchev–Trinajstić information content (AvgIpc) is 2.61. The summed E-state index contributed by atoms with van der Waals surface area (Å²) < 4.78 is 27.9. The van der Waals surface area contributed by atoms with Crippen LogP contribution in [0.4, 0.5) is 5.69 Å². The molecule has 4 nitrogen and oxygen atoms in total. The predicted octanol–water partition coefficient (Wildman–Crippen LogP) is 4.72. The average molecular weight is 354 g/mol. The van der Waals surface area contributed by atoms with Crippen LogP contribution < -0.4 is 4.72 Å². The van der Waals surface area contributed by atoms with E-state index < -0.39 is 10.0 Å². The molecule has 0 aliphatic heterocycles. The van der Waals surface area contributed by atoms with Crippen LogP contribution in [0.2, 0.25) is 0 Å². The third kappa shape index (κ3) is 3.66. The third-order valence-electron chi connectivity index (χ3n) is 4.69. The predicted molar refractivity (Wildman–Crippen MR) is 102 cm³/mol. The molecule has 5 heteroatoms. The van der Waals surface area contributed by atoms with Gasteiger partial charge in [-0.1, -0.05) is 39.0 Å². The molecule has 1 heterocycles. The largest absolute Gasteiger partial charge is 0.280 e. The molecule has 0 radical (unpaired) electrons. The van der Waals surface area contributed by atoms with Crippen LogP contribution in [-0.2, 0) is 15.4 Å². The Hall–Kier alpha value is -2.40. The van der Waals surface area contributed by atoms with E-state index in [4.69, 9.17) is 0 Å². The molecule has 0 saturated heterocycles. The Bertz CT molecular complexity index is 994. The highest BCUT2D eigenvalue weighted by molar-refractivity contribution is 7.92. The Balaban J connectivity index is 1.88. The highest BCUT2D eigenvalue weighted by Crippen LogP contribution is 2.28. The fourth-order valence-corrected chi connectivity index (χ4v) is 3.69. The van der Waals surface area contributed by atoms with Gasteiger partial charge in [0.05, 0.1) is 10.4 Å². The maximum absolute atomic E-state index is 12.6. The lowest BCUT2D eigenvalue weighted by Gasteiger charge is -2.23. The maximum Gasteiger partial charge on any atom is 0.261 e. The van der Waals surface area contributed by atoms with Crippen molar-refractivity contribution >= 4 is 26.6 Å². The molecule has 0 unspecified atom stereocenters. The molecule has 0 bridgehead atoms. The summed E-state index contributed by atoms with van der Waals surface area (Å²) in [7, 11) is -3.62. The maximum atomic E-state index is 12.6. The monoisotopic (exact) mass is 354 g/mol. The van der Waals surface area contributed by atoms with Crippen LogP contribution >= 0.6 is 0 Å². The summed E-state index contributed by atoms with van der Waals surface area (Å²) in [5, 5.41) is 0.891. The van der Waals surface area contributed by atoms with E-state index in [-0.39, 0.29) is 10.3 Å². The number of nitrogens with zero attached hydrogens (tertiary/aromatic N) is 1. The van der Waals surface area contributed by atoms with E-state index in [1.807, 2.05) is 24.3 Å². The van der Waals surface area contributed by atoms with Crippen molar-refractivity contribution in [2.75, 3.05) is 4.72 Å². The van der Waals surface area contributed by atoms with Crippen LogP contribution in [0.1, 0.15) is 32.8 Å². The number of fused-ring (bicyclic) bond motifs is 1. The zero-order valence-corrected chi connectivity index (χ0v) is 15.5. The van der Waals surface area contributed by atoms with Gasteiger partial charge in [-0.3, -0.25) is 9.71 Å².